The molecule has 2 aromatic rings. The Morgan fingerprint density at radius 2 is 2.23 bits per heavy atom. The highest BCUT2D eigenvalue weighted by Crippen LogP contribution is 2.20. The fraction of sp³-hybridized carbons (Fsp3) is 0.389. The van der Waals surface area contributed by atoms with Gasteiger partial charge in [0.15, 0.2) is 5.82 Å². The number of hydrogen-bond acceptors (Lipinski definition) is 6. The molecule has 1 saturated heterocycles. The largest absolute Gasteiger partial charge is 0.496 e. The second kappa shape index (κ2) is 8.01. The number of amides is 1. The van der Waals surface area contributed by atoms with Crippen molar-refractivity contribution in [3.8, 4) is 5.75 Å². The number of ether oxygens (including phenoxy) is 2. The van der Waals surface area contributed by atoms with E-state index in [4.69, 9.17) is 9.47 Å². The molecule has 0 aliphatic carbocycles. The highest BCUT2D eigenvalue weighted by atomic mass is 16.5. The fourth-order valence-corrected chi connectivity index (χ4v) is 2.85. The second-order valence-corrected chi connectivity index (χ2v) is 6.02. The van der Waals surface area contributed by atoms with E-state index in [1.807, 2.05) is 12.1 Å². The lowest BCUT2D eigenvalue weighted by molar-refractivity contribution is -0.0150. The molecule has 1 atom stereocenters. The average Bonchev–Trinajstić information content (AvgIpc) is 2.68. The topological polar surface area (TPSA) is 85.7 Å². The number of methoxy groups -OCH3 is 1. The molecular formula is C18H22N4O4. The molecule has 1 N–H and O–H groups in total. The van der Waals surface area contributed by atoms with Gasteiger partial charge in [-0.05, 0) is 12.1 Å². The van der Waals surface area contributed by atoms with Crippen LogP contribution in [-0.2, 0) is 11.8 Å². The first-order chi connectivity index (χ1) is 12.6. The predicted molar refractivity (Wildman–Crippen MR) is 96.6 cm³/mol. The summed E-state index contributed by atoms with van der Waals surface area (Å²) in [6.07, 6.45) is 2.93. The molecule has 1 aromatic heterocycles. The van der Waals surface area contributed by atoms with Crippen LogP contribution in [-0.4, -0.2) is 59.8 Å². The third kappa shape index (κ3) is 3.85. The van der Waals surface area contributed by atoms with Gasteiger partial charge in [0, 0.05) is 39.1 Å². The Morgan fingerprint density at radius 1 is 1.42 bits per heavy atom. The molecule has 8 heteroatoms. The van der Waals surface area contributed by atoms with Gasteiger partial charge in [0.25, 0.3) is 11.5 Å². The quantitative estimate of drug-likeness (QED) is 0.849. The van der Waals surface area contributed by atoms with Crippen molar-refractivity contribution < 1.29 is 14.3 Å². The maximum Gasteiger partial charge on any atom is 0.293 e. The van der Waals surface area contributed by atoms with Crippen LogP contribution in [0, 0.1) is 0 Å². The van der Waals surface area contributed by atoms with Gasteiger partial charge < -0.3 is 24.3 Å². The van der Waals surface area contributed by atoms with Crippen LogP contribution in [0.5, 0.6) is 5.75 Å². The number of rotatable bonds is 5. The summed E-state index contributed by atoms with van der Waals surface area (Å²) in [5, 5.41) is 3.01. The first-order valence-electron chi connectivity index (χ1n) is 8.39. The highest BCUT2D eigenvalue weighted by Gasteiger charge is 2.26. The number of carbonyl (C=O) groups is 1. The van der Waals surface area contributed by atoms with E-state index in [-0.39, 0.29) is 23.4 Å². The summed E-state index contributed by atoms with van der Waals surface area (Å²) in [5.41, 5.74) is 0.326. The Hall–Kier alpha value is -2.87. The van der Waals surface area contributed by atoms with Gasteiger partial charge in [-0.2, -0.15) is 0 Å². The van der Waals surface area contributed by atoms with Gasteiger partial charge in [-0.1, -0.05) is 12.1 Å². The van der Waals surface area contributed by atoms with E-state index in [0.717, 1.165) is 0 Å². The van der Waals surface area contributed by atoms with Crippen LogP contribution in [0.3, 0.4) is 0 Å². The van der Waals surface area contributed by atoms with Crippen molar-refractivity contribution in [2.75, 3.05) is 38.7 Å². The highest BCUT2D eigenvalue weighted by molar-refractivity contribution is 5.97. The molecule has 1 aliphatic rings. The first kappa shape index (κ1) is 17.9. The summed E-state index contributed by atoms with van der Waals surface area (Å²) in [5.74, 6) is 0.729. The van der Waals surface area contributed by atoms with Crippen molar-refractivity contribution in [3.63, 3.8) is 0 Å². The SMILES string of the molecule is COc1ccccc1C(=O)N1CCOC(CNc2nccn(C)c2=O)C1. The van der Waals surface area contributed by atoms with Gasteiger partial charge in [0.2, 0.25) is 0 Å². The molecule has 1 aliphatic heterocycles. The number of morpholine rings is 1. The summed E-state index contributed by atoms with van der Waals surface area (Å²) < 4.78 is 12.4. The van der Waals surface area contributed by atoms with Crippen molar-refractivity contribution >= 4 is 11.7 Å². The predicted octanol–water partition coefficient (Wildman–Crippen LogP) is 0.742. The van der Waals surface area contributed by atoms with Crippen molar-refractivity contribution in [2.24, 2.45) is 7.05 Å². The summed E-state index contributed by atoms with van der Waals surface area (Å²) >= 11 is 0. The van der Waals surface area contributed by atoms with Gasteiger partial charge >= 0.3 is 0 Å². The number of anilines is 1. The average molecular weight is 358 g/mol. The molecule has 1 aromatic carbocycles. The minimum atomic E-state index is -0.228. The number of nitrogens with one attached hydrogen (secondary N) is 1. The minimum absolute atomic E-state index is 0.0931. The standard InChI is InChI=1S/C18H22N4O4/c1-21-8-7-19-16(18(21)24)20-11-13-12-22(9-10-26-13)17(23)14-5-3-4-6-15(14)25-2/h3-8,13H,9-12H2,1-2H3,(H,19,20). The van der Waals surface area contributed by atoms with Crippen molar-refractivity contribution in [3.05, 3.63) is 52.6 Å². The fourth-order valence-electron chi connectivity index (χ4n) is 2.85. The number of para-hydroxylation sites is 1. The molecule has 1 unspecified atom stereocenters. The number of nitrogens with zero attached hydrogens (tertiary/aromatic N) is 3. The van der Waals surface area contributed by atoms with E-state index in [0.29, 0.717) is 37.6 Å². The molecule has 0 spiro atoms. The molecule has 26 heavy (non-hydrogen) atoms. The Morgan fingerprint density at radius 3 is 3.04 bits per heavy atom. The Bertz CT molecular complexity index is 836. The molecule has 1 fully saturated rings. The number of aryl methyl sites for hydroxylation is 1. The zero-order valence-corrected chi connectivity index (χ0v) is 14.8. The van der Waals surface area contributed by atoms with E-state index >= 15 is 0 Å². The molecule has 0 saturated carbocycles. The molecule has 0 radical (unpaired) electrons. The van der Waals surface area contributed by atoms with E-state index < -0.39 is 0 Å². The van der Waals surface area contributed by atoms with Crippen LogP contribution in [0.15, 0.2) is 41.5 Å². The van der Waals surface area contributed by atoms with Gasteiger partial charge in [0.05, 0.1) is 25.4 Å². The zero-order chi connectivity index (χ0) is 18.5. The van der Waals surface area contributed by atoms with E-state index in [1.165, 1.54) is 4.57 Å². The van der Waals surface area contributed by atoms with E-state index in [9.17, 15) is 9.59 Å². The maximum atomic E-state index is 12.8. The van der Waals surface area contributed by atoms with Crippen LogP contribution < -0.4 is 15.6 Å². The van der Waals surface area contributed by atoms with Gasteiger partial charge in [0.1, 0.15) is 5.75 Å². The van der Waals surface area contributed by atoms with Crippen LogP contribution >= 0.6 is 0 Å². The summed E-state index contributed by atoms with van der Waals surface area (Å²) in [7, 11) is 3.21. The summed E-state index contributed by atoms with van der Waals surface area (Å²) in [6.45, 7) is 1.77. The smallest absolute Gasteiger partial charge is 0.293 e. The molecule has 138 valence electrons. The third-order valence-corrected chi connectivity index (χ3v) is 4.28. The maximum absolute atomic E-state index is 12.8. The van der Waals surface area contributed by atoms with Crippen molar-refractivity contribution in [1.82, 2.24) is 14.5 Å². The van der Waals surface area contributed by atoms with Crippen LogP contribution in [0.1, 0.15) is 10.4 Å². The lowest BCUT2D eigenvalue weighted by Crippen LogP contribution is -2.48. The Kier molecular flexibility index (Phi) is 5.52. The second-order valence-electron chi connectivity index (χ2n) is 6.02. The number of aromatic nitrogens is 2. The summed E-state index contributed by atoms with van der Waals surface area (Å²) in [6, 6.07) is 7.16. The molecule has 3 rings (SSSR count). The number of hydrogen-bond donors (Lipinski definition) is 1. The molecule has 8 nitrogen and oxygen atoms in total. The van der Waals surface area contributed by atoms with E-state index in [2.05, 4.69) is 10.3 Å². The number of benzene rings is 1. The zero-order valence-electron chi connectivity index (χ0n) is 14.8. The monoisotopic (exact) mass is 358 g/mol. The third-order valence-electron chi connectivity index (χ3n) is 4.28. The van der Waals surface area contributed by atoms with Crippen molar-refractivity contribution in [2.45, 2.75) is 6.10 Å². The number of carbonyl (C=O) groups excluding carboxylic acids is 1. The lowest BCUT2D eigenvalue weighted by atomic mass is 10.1. The van der Waals surface area contributed by atoms with Gasteiger partial charge in [-0.25, -0.2) is 4.98 Å². The van der Waals surface area contributed by atoms with Crippen molar-refractivity contribution in [1.29, 1.82) is 0 Å². The van der Waals surface area contributed by atoms with Gasteiger partial charge in [-0.3, -0.25) is 9.59 Å². The molecular weight excluding hydrogens is 336 g/mol. The van der Waals surface area contributed by atoms with E-state index in [1.54, 1.807) is 43.6 Å². The first-order valence-corrected chi connectivity index (χ1v) is 8.39. The van der Waals surface area contributed by atoms with Crippen LogP contribution in [0.4, 0.5) is 5.82 Å². The minimum Gasteiger partial charge on any atom is -0.496 e. The van der Waals surface area contributed by atoms with Crippen LogP contribution in [0.2, 0.25) is 0 Å². The Balaban J connectivity index is 1.65. The molecule has 1 amide bonds. The van der Waals surface area contributed by atoms with Crippen LogP contribution in [0.25, 0.3) is 0 Å². The Labute approximate surface area is 151 Å². The lowest BCUT2D eigenvalue weighted by Gasteiger charge is -2.33. The summed E-state index contributed by atoms with van der Waals surface area (Å²) in [4.78, 5) is 30.6. The van der Waals surface area contributed by atoms with Gasteiger partial charge in [-0.15, -0.1) is 0 Å². The molecule has 0 bridgehead atoms. The molecule has 2 heterocycles. The normalized spacial score (nSPS) is 17.0.